The standard InChI is InChI=1S/C13H25N3/c1-3-12(10-14-4-2)15-11-16-13-8-6-5-7-9-13/h12-14H,3-10H2,1-2H3. The van der Waals surface area contributed by atoms with E-state index in [9.17, 15) is 0 Å². The van der Waals surface area contributed by atoms with E-state index in [4.69, 9.17) is 0 Å². The quantitative estimate of drug-likeness (QED) is 0.691. The highest BCUT2D eigenvalue weighted by Crippen LogP contribution is 2.19. The number of likely N-dealkylation sites (N-methyl/N-ethyl adjacent to an activating group) is 1. The fourth-order valence-electron chi connectivity index (χ4n) is 2.00. The lowest BCUT2D eigenvalue weighted by molar-refractivity contribution is 0.444. The van der Waals surface area contributed by atoms with Crippen molar-refractivity contribution in [3.05, 3.63) is 0 Å². The Hall–Kier alpha value is -0.660. The van der Waals surface area contributed by atoms with Gasteiger partial charge in [0.15, 0.2) is 0 Å². The van der Waals surface area contributed by atoms with Crippen LogP contribution in [0.4, 0.5) is 0 Å². The molecule has 1 aliphatic carbocycles. The van der Waals surface area contributed by atoms with Crippen molar-refractivity contribution < 1.29 is 0 Å². The third-order valence-electron chi connectivity index (χ3n) is 3.16. The Kier molecular flexibility index (Phi) is 7.11. The molecule has 0 aromatic heterocycles. The number of nitrogens with zero attached hydrogens (tertiary/aromatic N) is 2. The summed E-state index contributed by atoms with van der Waals surface area (Å²) in [7, 11) is 0. The van der Waals surface area contributed by atoms with E-state index < -0.39 is 0 Å². The van der Waals surface area contributed by atoms with Crippen molar-refractivity contribution in [3.8, 4) is 0 Å². The SMILES string of the molecule is CCNCC(CC)N=C=NC1CCCCC1. The first-order valence-electron chi connectivity index (χ1n) is 6.72. The molecule has 92 valence electrons. The predicted molar refractivity (Wildman–Crippen MR) is 69.4 cm³/mol. The lowest BCUT2D eigenvalue weighted by Gasteiger charge is -2.15. The first-order chi connectivity index (χ1) is 7.86. The molecule has 0 saturated heterocycles. The van der Waals surface area contributed by atoms with Gasteiger partial charge < -0.3 is 5.32 Å². The molecule has 16 heavy (non-hydrogen) atoms. The number of rotatable bonds is 6. The van der Waals surface area contributed by atoms with E-state index in [1.54, 1.807) is 0 Å². The van der Waals surface area contributed by atoms with Crippen molar-refractivity contribution in [3.63, 3.8) is 0 Å². The Labute approximate surface area is 99.5 Å². The lowest BCUT2D eigenvalue weighted by Crippen LogP contribution is -2.24. The van der Waals surface area contributed by atoms with Crippen LogP contribution in [0.15, 0.2) is 9.98 Å². The molecule has 0 spiro atoms. The number of hydrogen-bond donors (Lipinski definition) is 1. The monoisotopic (exact) mass is 223 g/mol. The summed E-state index contributed by atoms with van der Waals surface area (Å²) in [4.78, 5) is 8.83. The molecule has 1 atom stereocenters. The smallest absolute Gasteiger partial charge is 0.0898 e. The van der Waals surface area contributed by atoms with Crippen molar-refractivity contribution in [2.45, 2.75) is 64.5 Å². The Morgan fingerprint density at radius 1 is 1.25 bits per heavy atom. The molecule has 1 rings (SSSR count). The molecule has 0 aromatic rings. The van der Waals surface area contributed by atoms with Crippen LogP contribution < -0.4 is 5.32 Å². The maximum absolute atomic E-state index is 4.43. The van der Waals surface area contributed by atoms with E-state index >= 15 is 0 Å². The van der Waals surface area contributed by atoms with Gasteiger partial charge in [0.05, 0.1) is 18.1 Å². The van der Waals surface area contributed by atoms with Gasteiger partial charge in [-0.05, 0) is 25.8 Å². The minimum absolute atomic E-state index is 0.340. The minimum Gasteiger partial charge on any atom is -0.315 e. The average Bonchev–Trinajstić information content (AvgIpc) is 2.35. The van der Waals surface area contributed by atoms with Gasteiger partial charge in [0, 0.05) is 6.54 Å². The van der Waals surface area contributed by atoms with Crippen molar-refractivity contribution in [1.82, 2.24) is 5.32 Å². The molecule has 1 unspecified atom stereocenters. The largest absolute Gasteiger partial charge is 0.315 e. The molecule has 0 heterocycles. The maximum atomic E-state index is 4.43. The van der Waals surface area contributed by atoms with E-state index in [-0.39, 0.29) is 0 Å². The zero-order chi connectivity index (χ0) is 11.6. The summed E-state index contributed by atoms with van der Waals surface area (Å²) in [6.45, 7) is 6.23. The van der Waals surface area contributed by atoms with Crippen LogP contribution in [0.1, 0.15) is 52.4 Å². The Bertz CT molecular complexity index is 225. The van der Waals surface area contributed by atoms with E-state index in [2.05, 4.69) is 35.2 Å². The molecule has 3 heteroatoms. The highest BCUT2D eigenvalue weighted by Gasteiger charge is 2.10. The second-order valence-corrected chi connectivity index (χ2v) is 4.52. The molecule has 1 aliphatic rings. The van der Waals surface area contributed by atoms with Gasteiger partial charge in [0.1, 0.15) is 0 Å². The molecular weight excluding hydrogens is 198 g/mol. The van der Waals surface area contributed by atoms with Crippen LogP contribution in [0, 0.1) is 0 Å². The van der Waals surface area contributed by atoms with Crippen molar-refractivity contribution >= 4 is 6.01 Å². The van der Waals surface area contributed by atoms with Gasteiger partial charge >= 0.3 is 0 Å². The van der Waals surface area contributed by atoms with E-state index in [1.165, 1.54) is 32.1 Å². The van der Waals surface area contributed by atoms with Crippen LogP contribution in [0.5, 0.6) is 0 Å². The van der Waals surface area contributed by atoms with Gasteiger partial charge in [-0.25, -0.2) is 9.98 Å². The fourth-order valence-corrected chi connectivity index (χ4v) is 2.00. The molecule has 0 radical (unpaired) electrons. The van der Waals surface area contributed by atoms with Crippen LogP contribution in [-0.2, 0) is 0 Å². The number of nitrogens with one attached hydrogen (secondary N) is 1. The summed E-state index contributed by atoms with van der Waals surface area (Å²) >= 11 is 0. The van der Waals surface area contributed by atoms with Gasteiger partial charge in [-0.2, -0.15) is 0 Å². The topological polar surface area (TPSA) is 36.8 Å². The summed E-state index contributed by atoms with van der Waals surface area (Å²) < 4.78 is 0. The summed E-state index contributed by atoms with van der Waals surface area (Å²) in [5.41, 5.74) is 0. The van der Waals surface area contributed by atoms with Crippen LogP contribution in [0.3, 0.4) is 0 Å². The summed E-state index contributed by atoms with van der Waals surface area (Å²) in [5, 5.41) is 3.31. The average molecular weight is 223 g/mol. The van der Waals surface area contributed by atoms with Crippen LogP contribution >= 0.6 is 0 Å². The van der Waals surface area contributed by atoms with Crippen LogP contribution in [0.2, 0.25) is 0 Å². The van der Waals surface area contributed by atoms with Crippen LogP contribution in [0.25, 0.3) is 0 Å². The molecule has 1 N–H and O–H groups in total. The highest BCUT2D eigenvalue weighted by molar-refractivity contribution is 5.42. The van der Waals surface area contributed by atoms with Gasteiger partial charge in [-0.15, -0.1) is 0 Å². The minimum atomic E-state index is 0.340. The number of aliphatic imine (C=N–C) groups is 2. The van der Waals surface area contributed by atoms with Crippen molar-refractivity contribution in [2.75, 3.05) is 13.1 Å². The van der Waals surface area contributed by atoms with Gasteiger partial charge in [-0.3, -0.25) is 0 Å². The normalized spacial score (nSPS) is 18.9. The van der Waals surface area contributed by atoms with Crippen molar-refractivity contribution in [2.24, 2.45) is 9.98 Å². The molecule has 1 saturated carbocycles. The summed E-state index contributed by atoms with van der Waals surface area (Å²) in [5.74, 6) is 0. The summed E-state index contributed by atoms with van der Waals surface area (Å²) in [6, 6.07) is 3.76. The molecule has 0 aromatic carbocycles. The first-order valence-corrected chi connectivity index (χ1v) is 6.72. The molecule has 0 amide bonds. The van der Waals surface area contributed by atoms with Gasteiger partial charge in [-0.1, -0.05) is 33.1 Å². The molecule has 1 fully saturated rings. The Morgan fingerprint density at radius 3 is 2.62 bits per heavy atom. The zero-order valence-corrected chi connectivity index (χ0v) is 10.7. The van der Waals surface area contributed by atoms with E-state index in [0.717, 1.165) is 19.5 Å². The lowest BCUT2D eigenvalue weighted by atomic mass is 9.96. The molecule has 0 bridgehead atoms. The zero-order valence-electron chi connectivity index (χ0n) is 10.7. The predicted octanol–water partition coefficient (Wildman–Crippen LogP) is 2.88. The van der Waals surface area contributed by atoms with Crippen molar-refractivity contribution in [1.29, 1.82) is 0 Å². The van der Waals surface area contributed by atoms with E-state index in [1.807, 2.05) is 0 Å². The second-order valence-electron chi connectivity index (χ2n) is 4.52. The molecule has 3 nitrogen and oxygen atoms in total. The second kappa shape index (κ2) is 8.49. The van der Waals surface area contributed by atoms with Gasteiger partial charge in [0.2, 0.25) is 0 Å². The number of hydrogen-bond acceptors (Lipinski definition) is 3. The Morgan fingerprint density at radius 2 is 2.00 bits per heavy atom. The third kappa shape index (κ3) is 5.43. The van der Waals surface area contributed by atoms with Gasteiger partial charge in [0.25, 0.3) is 0 Å². The summed E-state index contributed by atoms with van der Waals surface area (Å²) in [6.07, 6.45) is 7.54. The highest BCUT2D eigenvalue weighted by atomic mass is 14.9. The van der Waals surface area contributed by atoms with Crippen LogP contribution in [-0.4, -0.2) is 31.2 Å². The van der Waals surface area contributed by atoms with E-state index in [0.29, 0.717) is 12.1 Å². The Balaban J connectivity index is 2.33. The molecular formula is C13H25N3. The third-order valence-corrected chi connectivity index (χ3v) is 3.16. The maximum Gasteiger partial charge on any atom is 0.0898 e. The first kappa shape index (κ1) is 13.4. The molecule has 0 aliphatic heterocycles. The fraction of sp³-hybridized carbons (Fsp3) is 0.923.